The van der Waals surface area contributed by atoms with Gasteiger partial charge in [-0.15, -0.1) is 11.3 Å². The number of halogens is 3. The highest BCUT2D eigenvalue weighted by molar-refractivity contribution is 7.10. The van der Waals surface area contributed by atoms with Crippen molar-refractivity contribution in [1.82, 2.24) is 0 Å². The molecule has 1 unspecified atom stereocenters. The summed E-state index contributed by atoms with van der Waals surface area (Å²) in [5.41, 5.74) is -0.151. The largest absolute Gasteiger partial charge is 0.507 e. The van der Waals surface area contributed by atoms with E-state index in [0.717, 1.165) is 23.1 Å². The molecule has 1 fully saturated rings. The number of hydrogen-bond acceptors (Lipinski definition) is 4. The van der Waals surface area contributed by atoms with Crippen molar-refractivity contribution < 1.29 is 27.9 Å². The number of amides is 1. The lowest BCUT2D eigenvalue weighted by atomic mass is 9.98. The molecular weight excluding hydrogens is 415 g/mol. The number of anilines is 1. The lowest BCUT2D eigenvalue weighted by Crippen LogP contribution is -2.30. The molecule has 0 aliphatic carbocycles. The Morgan fingerprint density at radius 1 is 1.03 bits per heavy atom. The molecule has 1 amide bonds. The molecule has 1 atom stereocenters. The van der Waals surface area contributed by atoms with Crippen molar-refractivity contribution in [2.24, 2.45) is 0 Å². The Morgan fingerprint density at radius 3 is 2.43 bits per heavy atom. The van der Waals surface area contributed by atoms with E-state index in [1.54, 1.807) is 17.5 Å². The smallest absolute Gasteiger partial charge is 0.300 e. The number of hydrogen-bond donors (Lipinski definition) is 1. The number of nitrogens with zero attached hydrogens (tertiary/aromatic N) is 1. The van der Waals surface area contributed by atoms with E-state index in [-0.39, 0.29) is 22.4 Å². The van der Waals surface area contributed by atoms with Crippen LogP contribution < -0.4 is 4.90 Å². The topological polar surface area (TPSA) is 57.6 Å². The third-order valence-corrected chi connectivity index (χ3v) is 5.78. The van der Waals surface area contributed by atoms with Gasteiger partial charge in [-0.2, -0.15) is 0 Å². The van der Waals surface area contributed by atoms with Crippen LogP contribution in [0.2, 0.25) is 0 Å². The van der Waals surface area contributed by atoms with Crippen molar-refractivity contribution in [1.29, 1.82) is 0 Å². The highest BCUT2D eigenvalue weighted by Gasteiger charge is 2.48. The number of benzene rings is 2. The summed E-state index contributed by atoms with van der Waals surface area (Å²) in [6, 6.07) is 8.64. The molecule has 0 saturated carbocycles. The van der Waals surface area contributed by atoms with Gasteiger partial charge in [0.2, 0.25) is 0 Å². The maximum absolute atomic E-state index is 14.5. The minimum atomic E-state index is -1.12. The number of rotatable bonds is 3. The Labute approximate surface area is 173 Å². The molecule has 2 aromatic carbocycles. The number of ketones is 1. The van der Waals surface area contributed by atoms with E-state index in [4.69, 9.17) is 0 Å². The minimum Gasteiger partial charge on any atom is -0.507 e. The van der Waals surface area contributed by atoms with Crippen molar-refractivity contribution >= 4 is 34.5 Å². The average Bonchev–Trinajstić information content (AvgIpc) is 3.31. The molecule has 1 aromatic heterocycles. The van der Waals surface area contributed by atoms with Crippen LogP contribution in [0.5, 0.6) is 0 Å². The zero-order chi connectivity index (χ0) is 21.6. The van der Waals surface area contributed by atoms with E-state index in [1.165, 1.54) is 30.4 Å². The first-order valence-electron chi connectivity index (χ1n) is 8.85. The molecule has 0 spiro atoms. The predicted molar refractivity (Wildman–Crippen MR) is 107 cm³/mol. The standard InChI is InChI=1S/C22H14F3NO3S/c1-11-9-12(4-6-14(11)24)20(27)18-19(17-3-2-8-30-17)26(22(29)21(18)28)16-7-5-13(23)10-15(16)25/h2-10,19,27H,1H3/b20-18-. The van der Waals surface area contributed by atoms with E-state index in [2.05, 4.69) is 0 Å². The number of thiophene rings is 1. The lowest BCUT2D eigenvalue weighted by Gasteiger charge is -2.24. The Morgan fingerprint density at radius 2 is 1.80 bits per heavy atom. The number of aliphatic hydroxyl groups is 1. The van der Waals surface area contributed by atoms with Crippen molar-refractivity contribution in [3.05, 3.63) is 92.9 Å². The Balaban J connectivity index is 1.95. The molecule has 2 heterocycles. The highest BCUT2D eigenvalue weighted by Crippen LogP contribution is 2.44. The van der Waals surface area contributed by atoms with Crippen LogP contribution >= 0.6 is 11.3 Å². The van der Waals surface area contributed by atoms with Gasteiger partial charge in [-0.3, -0.25) is 14.5 Å². The van der Waals surface area contributed by atoms with Gasteiger partial charge < -0.3 is 5.11 Å². The average molecular weight is 429 g/mol. The molecule has 8 heteroatoms. The summed E-state index contributed by atoms with van der Waals surface area (Å²) in [6.45, 7) is 1.50. The molecule has 0 bridgehead atoms. The van der Waals surface area contributed by atoms with Gasteiger partial charge in [-0.1, -0.05) is 6.07 Å². The minimum absolute atomic E-state index is 0.146. The van der Waals surface area contributed by atoms with Crippen molar-refractivity contribution in [2.45, 2.75) is 13.0 Å². The van der Waals surface area contributed by atoms with Gasteiger partial charge in [0.15, 0.2) is 0 Å². The molecule has 3 aromatic rings. The zero-order valence-corrected chi connectivity index (χ0v) is 16.3. The van der Waals surface area contributed by atoms with Crippen LogP contribution in [-0.2, 0) is 9.59 Å². The molecule has 0 radical (unpaired) electrons. The fraction of sp³-hybridized carbons (Fsp3) is 0.0909. The fourth-order valence-corrected chi connectivity index (χ4v) is 4.24. The van der Waals surface area contributed by atoms with Crippen LogP contribution in [0.3, 0.4) is 0 Å². The first-order valence-corrected chi connectivity index (χ1v) is 9.73. The van der Waals surface area contributed by atoms with Crippen LogP contribution in [0.1, 0.15) is 22.0 Å². The first-order chi connectivity index (χ1) is 14.3. The zero-order valence-electron chi connectivity index (χ0n) is 15.5. The molecule has 30 heavy (non-hydrogen) atoms. The Kier molecular flexibility index (Phi) is 4.95. The molecule has 1 aliphatic heterocycles. The number of carbonyl (C=O) groups is 2. The molecule has 1 saturated heterocycles. The lowest BCUT2D eigenvalue weighted by molar-refractivity contribution is -0.132. The fourth-order valence-electron chi connectivity index (χ4n) is 3.42. The predicted octanol–water partition coefficient (Wildman–Crippen LogP) is 5.10. The quantitative estimate of drug-likeness (QED) is 0.358. The number of carbonyl (C=O) groups excluding carboxylic acids is 2. The van der Waals surface area contributed by atoms with Crippen LogP contribution in [0.4, 0.5) is 18.9 Å². The second kappa shape index (κ2) is 7.46. The molecule has 1 aliphatic rings. The summed E-state index contributed by atoms with van der Waals surface area (Å²) in [7, 11) is 0. The molecule has 1 N–H and O–H groups in total. The molecule has 4 nitrogen and oxygen atoms in total. The van der Waals surface area contributed by atoms with Crippen molar-refractivity contribution in [2.75, 3.05) is 4.90 Å². The summed E-state index contributed by atoms with van der Waals surface area (Å²) in [5.74, 6) is -4.91. The second-order valence-electron chi connectivity index (χ2n) is 6.74. The summed E-state index contributed by atoms with van der Waals surface area (Å²) < 4.78 is 41.5. The van der Waals surface area contributed by atoms with Crippen molar-refractivity contribution in [3.8, 4) is 0 Å². The third-order valence-electron chi connectivity index (χ3n) is 4.86. The van der Waals surface area contributed by atoms with Crippen LogP contribution in [0, 0.1) is 24.4 Å². The molecule has 4 rings (SSSR count). The number of Topliss-reactive ketones (excluding diaryl/α,β-unsaturated/α-hetero) is 1. The molecule has 152 valence electrons. The molecular formula is C22H14F3NO3S. The van der Waals surface area contributed by atoms with E-state index in [9.17, 15) is 27.9 Å². The van der Waals surface area contributed by atoms with Gasteiger partial charge >= 0.3 is 0 Å². The van der Waals surface area contributed by atoms with E-state index >= 15 is 0 Å². The SMILES string of the molecule is Cc1cc(/C(O)=C2/C(=O)C(=O)N(c3ccc(F)cc3F)C2c2cccs2)ccc1F. The normalized spacial score (nSPS) is 18.3. The van der Waals surface area contributed by atoms with Gasteiger partial charge in [-0.05, 0) is 54.3 Å². The van der Waals surface area contributed by atoms with Gasteiger partial charge in [-0.25, -0.2) is 13.2 Å². The van der Waals surface area contributed by atoms with Gasteiger partial charge in [0.05, 0.1) is 11.3 Å². The maximum Gasteiger partial charge on any atom is 0.300 e. The monoisotopic (exact) mass is 429 g/mol. The van der Waals surface area contributed by atoms with Crippen molar-refractivity contribution in [3.63, 3.8) is 0 Å². The number of aliphatic hydroxyl groups excluding tert-OH is 1. The second-order valence-corrected chi connectivity index (χ2v) is 7.72. The van der Waals surface area contributed by atoms with Gasteiger partial charge in [0.25, 0.3) is 11.7 Å². The summed E-state index contributed by atoms with van der Waals surface area (Å²) >= 11 is 1.21. The third kappa shape index (κ3) is 3.19. The van der Waals surface area contributed by atoms with Crippen LogP contribution in [0.15, 0.2) is 59.5 Å². The van der Waals surface area contributed by atoms with E-state index in [0.29, 0.717) is 10.9 Å². The number of aryl methyl sites for hydroxylation is 1. The summed E-state index contributed by atoms with van der Waals surface area (Å²) in [6.07, 6.45) is 0. The summed E-state index contributed by atoms with van der Waals surface area (Å²) in [5, 5.41) is 12.6. The van der Waals surface area contributed by atoms with E-state index in [1.807, 2.05) is 0 Å². The van der Waals surface area contributed by atoms with E-state index < -0.39 is 40.9 Å². The maximum atomic E-state index is 14.5. The van der Waals surface area contributed by atoms with Gasteiger partial charge in [0.1, 0.15) is 29.3 Å². The highest BCUT2D eigenvalue weighted by atomic mass is 32.1. The first kappa shape index (κ1) is 19.9. The van der Waals surface area contributed by atoms with Crippen LogP contribution in [0.25, 0.3) is 5.76 Å². The van der Waals surface area contributed by atoms with Crippen LogP contribution in [-0.4, -0.2) is 16.8 Å². The Bertz CT molecular complexity index is 1200. The van der Waals surface area contributed by atoms with Gasteiger partial charge in [0, 0.05) is 16.5 Å². The summed E-state index contributed by atoms with van der Waals surface area (Å²) in [4.78, 5) is 27.1. The Hall–Kier alpha value is -3.39.